The zero-order valence-electron chi connectivity index (χ0n) is 15.4. The first-order valence-electron chi connectivity index (χ1n) is 8.57. The van der Waals surface area contributed by atoms with Crippen molar-refractivity contribution in [2.24, 2.45) is 0 Å². The molecule has 0 spiro atoms. The van der Waals surface area contributed by atoms with Gasteiger partial charge in [0, 0.05) is 18.2 Å². The number of rotatable bonds is 6. The molecule has 0 unspecified atom stereocenters. The summed E-state index contributed by atoms with van der Waals surface area (Å²) in [5.74, 6) is -0.309. The van der Waals surface area contributed by atoms with E-state index < -0.39 is 0 Å². The largest absolute Gasteiger partial charge is 0.343 e. The van der Waals surface area contributed by atoms with Gasteiger partial charge >= 0.3 is 0 Å². The second-order valence-corrected chi connectivity index (χ2v) is 6.58. The Bertz CT molecular complexity index is 739. The lowest BCUT2D eigenvalue weighted by Crippen LogP contribution is -2.43. The average molecular weight is 338 g/mol. The molecule has 0 radical (unpaired) electrons. The highest BCUT2D eigenvalue weighted by Gasteiger charge is 2.18. The van der Waals surface area contributed by atoms with Crippen LogP contribution in [0.2, 0.25) is 0 Å². The second kappa shape index (κ2) is 8.47. The monoisotopic (exact) mass is 338 g/mol. The van der Waals surface area contributed by atoms with Crippen LogP contribution in [0, 0.1) is 13.8 Å². The summed E-state index contributed by atoms with van der Waals surface area (Å²) in [4.78, 5) is 26.6. The van der Waals surface area contributed by atoms with E-state index >= 15 is 0 Å². The zero-order valence-corrected chi connectivity index (χ0v) is 15.4. The first kappa shape index (κ1) is 18.7. The third kappa shape index (κ3) is 5.18. The molecule has 0 aromatic heterocycles. The Morgan fingerprint density at radius 2 is 1.68 bits per heavy atom. The molecule has 25 heavy (non-hydrogen) atoms. The number of amides is 2. The van der Waals surface area contributed by atoms with Crippen LogP contribution >= 0.6 is 0 Å². The van der Waals surface area contributed by atoms with Gasteiger partial charge in [0.25, 0.3) is 5.91 Å². The molecule has 0 fully saturated rings. The van der Waals surface area contributed by atoms with Crippen molar-refractivity contribution in [2.45, 2.75) is 40.3 Å². The van der Waals surface area contributed by atoms with Gasteiger partial charge < -0.3 is 10.2 Å². The van der Waals surface area contributed by atoms with Crippen LogP contribution in [0.4, 0.5) is 0 Å². The fourth-order valence-corrected chi connectivity index (χ4v) is 2.58. The van der Waals surface area contributed by atoms with E-state index in [1.807, 2.05) is 70.2 Å². The molecule has 0 heterocycles. The van der Waals surface area contributed by atoms with Crippen molar-refractivity contribution in [3.05, 3.63) is 70.8 Å². The van der Waals surface area contributed by atoms with Gasteiger partial charge in [0.1, 0.15) is 0 Å². The number of hydrogen-bond acceptors (Lipinski definition) is 2. The number of benzene rings is 2. The van der Waals surface area contributed by atoms with Crippen LogP contribution in [-0.4, -0.2) is 29.3 Å². The summed E-state index contributed by atoms with van der Waals surface area (Å²) in [5, 5.41) is 2.74. The summed E-state index contributed by atoms with van der Waals surface area (Å²) in [6, 6.07) is 15.5. The van der Waals surface area contributed by atoms with Gasteiger partial charge in [0.15, 0.2) is 0 Å². The molecule has 4 heteroatoms. The SMILES string of the molecule is Cc1ccc(C(=O)NCC(=O)N(Cc2ccccc2)C(C)C)cc1C. The Kier molecular flexibility index (Phi) is 6.34. The molecule has 0 bridgehead atoms. The van der Waals surface area contributed by atoms with Gasteiger partial charge in [-0.3, -0.25) is 9.59 Å². The molecule has 0 saturated heterocycles. The van der Waals surface area contributed by atoms with Gasteiger partial charge in [0.2, 0.25) is 5.91 Å². The summed E-state index contributed by atoms with van der Waals surface area (Å²) < 4.78 is 0. The third-order valence-corrected chi connectivity index (χ3v) is 4.31. The summed E-state index contributed by atoms with van der Waals surface area (Å²) >= 11 is 0. The number of carbonyl (C=O) groups is 2. The van der Waals surface area contributed by atoms with E-state index in [0.717, 1.165) is 16.7 Å². The third-order valence-electron chi connectivity index (χ3n) is 4.31. The molecular formula is C21H26N2O2. The number of aryl methyl sites for hydroxylation is 2. The molecule has 2 amide bonds. The molecular weight excluding hydrogens is 312 g/mol. The molecule has 4 nitrogen and oxygen atoms in total. The van der Waals surface area contributed by atoms with E-state index in [4.69, 9.17) is 0 Å². The lowest BCUT2D eigenvalue weighted by atomic mass is 10.1. The molecule has 2 rings (SSSR count). The smallest absolute Gasteiger partial charge is 0.251 e. The lowest BCUT2D eigenvalue weighted by Gasteiger charge is -2.27. The van der Waals surface area contributed by atoms with Gasteiger partial charge in [-0.2, -0.15) is 0 Å². The maximum absolute atomic E-state index is 12.6. The molecule has 2 aromatic carbocycles. The Hall–Kier alpha value is -2.62. The van der Waals surface area contributed by atoms with Crippen molar-refractivity contribution in [2.75, 3.05) is 6.54 Å². The van der Waals surface area contributed by atoms with Crippen molar-refractivity contribution >= 4 is 11.8 Å². The van der Waals surface area contributed by atoms with E-state index in [-0.39, 0.29) is 24.4 Å². The highest BCUT2D eigenvalue weighted by molar-refractivity contribution is 5.96. The highest BCUT2D eigenvalue weighted by atomic mass is 16.2. The molecule has 2 aromatic rings. The first-order valence-corrected chi connectivity index (χ1v) is 8.57. The Labute approximate surface area is 149 Å². The van der Waals surface area contributed by atoms with Crippen molar-refractivity contribution in [1.82, 2.24) is 10.2 Å². The summed E-state index contributed by atoms with van der Waals surface area (Å²) in [6.07, 6.45) is 0. The molecule has 0 saturated carbocycles. The van der Waals surface area contributed by atoms with Crippen LogP contribution in [0.1, 0.15) is 40.9 Å². The minimum absolute atomic E-state index is 0.00320. The van der Waals surface area contributed by atoms with Crippen LogP contribution < -0.4 is 5.32 Å². The van der Waals surface area contributed by atoms with E-state index in [2.05, 4.69) is 5.32 Å². The average Bonchev–Trinajstić information content (AvgIpc) is 2.60. The zero-order chi connectivity index (χ0) is 18.4. The minimum Gasteiger partial charge on any atom is -0.343 e. The van der Waals surface area contributed by atoms with Gasteiger partial charge in [0.05, 0.1) is 6.54 Å². The van der Waals surface area contributed by atoms with Gasteiger partial charge in [-0.25, -0.2) is 0 Å². The molecule has 0 aliphatic heterocycles. The number of hydrogen-bond donors (Lipinski definition) is 1. The molecule has 1 N–H and O–H groups in total. The Balaban J connectivity index is 1.98. The van der Waals surface area contributed by atoms with Crippen LogP contribution in [-0.2, 0) is 11.3 Å². The quantitative estimate of drug-likeness (QED) is 0.877. The first-order chi connectivity index (χ1) is 11.9. The van der Waals surface area contributed by atoms with Crippen molar-refractivity contribution in [1.29, 1.82) is 0 Å². The summed E-state index contributed by atoms with van der Waals surface area (Å²) in [5.41, 5.74) is 3.86. The van der Waals surface area contributed by atoms with E-state index in [0.29, 0.717) is 12.1 Å². The van der Waals surface area contributed by atoms with E-state index in [1.54, 1.807) is 11.0 Å². The minimum atomic E-state index is -0.222. The van der Waals surface area contributed by atoms with E-state index in [9.17, 15) is 9.59 Å². The second-order valence-electron chi connectivity index (χ2n) is 6.58. The van der Waals surface area contributed by atoms with Crippen molar-refractivity contribution in [3.8, 4) is 0 Å². The van der Waals surface area contributed by atoms with Crippen molar-refractivity contribution in [3.63, 3.8) is 0 Å². The number of nitrogens with zero attached hydrogens (tertiary/aromatic N) is 1. The lowest BCUT2D eigenvalue weighted by molar-refractivity contribution is -0.132. The normalized spacial score (nSPS) is 10.6. The van der Waals surface area contributed by atoms with Gasteiger partial charge in [-0.15, -0.1) is 0 Å². The Morgan fingerprint density at radius 1 is 1.00 bits per heavy atom. The number of carbonyl (C=O) groups excluding carboxylic acids is 2. The van der Waals surface area contributed by atoms with Gasteiger partial charge in [-0.05, 0) is 56.5 Å². The van der Waals surface area contributed by atoms with Crippen molar-refractivity contribution < 1.29 is 9.59 Å². The Morgan fingerprint density at radius 3 is 2.28 bits per heavy atom. The molecule has 0 atom stereocenters. The summed E-state index contributed by atoms with van der Waals surface area (Å²) in [7, 11) is 0. The predicted molar refractivity (Wildman–Crippen MR) is 100 cm³/mol. The van der Waals surface area contributed by atoms with E-state index in [1.165, 1.54) is 0 Å². The fraction of sp³-hybridized carbons (Fsp3) is 0.333. The van der Waals surface area contributed by atoms with Gasteiger partial charge in [-0.1, -0.05) is 36.4 Å². The predicted octanol–water partition coefficient (Wildman–Crippen LogP) is 3.47. The number of nitrogens with one attached hydrogen (secondary N) is 1. The topological polar surface area (TPSA) is 49.4 Å². The molecule has 0 aliphatic carbocycles. The molecule has 0 aliphatic rings. The maximum Gasteiger partial charge on any atom is 0.251 e. The maximum atomic E-state index is 12.6. The highest BCUT2D eigenvalue weighted by Crippen LogP contribution is 2.10. The van der Waals surface area contributed by atoms with Crippen LogP contribution in [0.5, 0.6) is 0 Å². The van der Waals surface area contributed by atoms with Crippen LogP contribution in [0.15, 0.2) is 48.5 Å². The van der Waals surface area contributed by atoms with Crippen LogP contribution in [0.3, 0.4) is 0 Å². The molecule has 132 valence electrons. The van der Waals surface area contributed by atoms with Crippen LogP contribution in [0.25, 0.3) is 0 Å². The summed E-state index contributed by atoms with van der Waals surface area (Å²) in [6.45, 7) is 8.47. The standard InChI is InChI=1S/C21H26N2O2/c1-15(2)23(14-18-8-6-5-7-9-18)20(24)13-22-21(25)19-11-10-16(3)17(4)12-19/h5-12,15H,13-14H2,1-4H3,(H,22,25). The fourth-order valence-electron chi connectivity index (χ4n) is 2.58.